The van der Waals surface area contributed by atoms with Crippen LogP contribution in [0.5, 0.6) is 0 Å². The number of hydrogen-bond acceptors (Lipinski definition) is 9. The molecule has 0 spiro atoms. The van der Waals surface area contributed by atoms with E-state index in [1.165, 1.54) is 13.8 Å². The van der Waals surface area contributed by atoms with Crippen molar-refractivity contribution in [3.05, 3.63) is 0 Å². The summed E-state index contributed by atoms with van der Waals surface area (Å²) in [5.41, 5.74) is -2.31. The topological polar surface area (TPSA) is 149 Å². The predicted octanol–water partition coefficient (Wildman–Crippen LogP) is -2.95. The number of aliphatic hydroxyl groups excluding tert-OH is 3. The van der Waals surface area contributed by atoms with Crippen LogP contribution in [0.4, 0.5) is 0 Å². The van der Waals surface area contributed by atoms with Crippen molar-refractivity contribution in [2.45, 2.75) is 56.5 Å². The number of hydrogen-bond donors (Lipinski definition) is 6. The summed E-state index contributed by atoms with van der Waals surface area (Å²) in [5.74, 6) is -5.82. The summed E-state index contributed by atoms with van der Waals surface area (Å²) in [5, 5.41) is 61.3. The second-order valence-electron chi connectivity index (χ2n) is 4.97. The van der Waals surface area contributed by atoms with Gasteiger partial charge in [-0.05, 0) is 20.8 Å². The second-order valence-corrected chi connectivity index (χ2v) is 6.64. The highest BCUT2D eigenvalue weighted by atomic mass is 28.2. The van der Waals surface area contributed by atoms with Crippen molar-refractivity contribution < 1.29 is 44.8 Å². The molecule has 0 saturated heterocycles. The molecule has 140 valence electrons. The van der Waals surface area contributed by atoms with Crippen molar-refractivity contribution in [2.24, 2.45) is 0 Å². The first kappa shape index (κ1) is 22.9. The molecule has 0 aromatic carbocycles. The standard InChI is InChI=1S/C13H30O9Si/c1-5-20-11(17,10(16)9(15)8-14)12(18,21-6-2)13(19,23-4)22-7-3/h9-10,14-19H,5-8,23H2,1-4H3/t9-,10-,11-,12+,13?/m1/s1. The molecule has 23 heavy (non-hydrogen) atoms. The van der Waals surface area contributed by atoms with Crippen molar-refractivity contribution in [3.63, 3.8) is 0 Å². The normalized spacial score (nSPS) is 23.2. The van der Waals surface area contributed by atoms with Crippen LogP contribution in [0.1, 0.15) is 20.8 Å². The summed E-state index contributed by atoms with van der Waals surface area (Å²) in [6.07, 6.45) is -4.01. The summed E-state index contributed by atoms with van der Waals surface area (Å²) >= 11 is 0. The smallest absolute Gasteiger partial charge is 0.274 e. The number of aliphatic hydroxyl groups is 6. The molecule has 0 saturated carbocycles. The molecule has 0 heterocycles. The minimum Gasteiger partial charge on any atom is -0.394 e. The van der Waals surface area contributed by atoms with Gasteiger partial charge in [0.2, 0.25) is 0 Å². The number of ether oxygens (including phenoxy) is 3. The van der Waals surface area contributed by atoms with E-state index in [4.69, 9.17) is 19.3 Å². The van der Waals surface area contributed by atoms with E-state index in [9.17, 15) is 25.5 Å². The van der Waals surface area contributed by atoms with E-state index in [1.807, 2.05) is 0 Å². The van der Waals surface area contributed by atoms with Gasteiger partial charge in [-0.3, -0.25) is 0 Å². The lowest BCUT2D eigenvalue weighted by Gasteiger charge is -2.51. The summed E-state index contributed by atoms with van der Waals surface area (Å²) < 4.78 is 15.4. The van der Waals surface area contributed by atoms with Gasteiger partial charge in [-0.2, -0.15) is 0 Å². The molecule has 0 aromatic heterocycles. The third-order valence-corrected chi connectivity index (χ3v) is 5.19. The van der Waals surface area contributed by atoms with Crippen LogP contribution in [0, 0.1) is 0 Å². The van der Waals surface area contributed by atoms with Gasteiger partial charge in [0.1, 0.15) is 12.2 Å². The van der Waals surface area contributed by atoms with Crippen molar-refractivity contribution in [2.75, 3.05) is 26.4 Å². The summed E-state index contributed by atoms with van der Waals surface area (Å²) in [4.78, 5) is 0. The van der Waals surface area contributed by atoms with Crippen molar-refractivity contribution in [3.8, 4) is 0 Å². The van der Waals surface area contributed by atoms with Crippen LogP contribution in [0.3, 0.4) is 0 Å². The first-order chi connectivity index (χ1) is 10.6. The molecule has 0 aliphatic heterocycles. The zero-order valence-electron chi connectivity index (χ0n) is 14.1. The Morgan fingerprint density at radius 1 is 0.913 bits per heavy atom. The molecule has 0 amide bonds. The van der Waals surface area contributed by atoms with Crippen LogP contribution in [-0.2, 0) is 14.2 Å². The lowest BCUT2D eigenvalue weighted by molar-refractivity contribution is -0.472. The van der Waals surface area contributed by atoms with E-state index < -0.39 is 45.3 Å². The van der Waals surface area contributed by atoms with Crippen LogP contribution < -0.4 is 0 Å². The first-order valence-corrected chi connectivity index (χ1v) is 9.82. The van der Waals surface area contributed by atoms with E-state index in [-0.39, 0.29) is 19.8 Å². The molecule has 9 nitrogen and oxygen atoms in total. The van der Waals surface area contributed by atoms with Crippen LogP contribution in [0.2, 0.25) is 6.55 Å². The Bertz CT molecular complexity index is 347. The minimum absolute atomic E-state index is 0.00637. The molecule has 10 heteroatoms. The van der Waals surface area contributed by atoms with Crippen LogP contribution in [0.15, 0.2) is 0 Å². The van der Waals surface area contributed by atoms with Gasteiger partial charge in [-0.1, -0.05) is 6.55 Å². The van der Waals surface area contributed by atoms with Crippen LogP contribution in [0.25, 0.3) is 0 Å². The Kier molecular flexibility index (Phi) is 9.31. The van der Waals surface area contributed by atoms with Gasteiger partial charge in [0.05, 0.1) is 16.1 Å². The van der Waals surface area contributed by atoms with E-state index in [0.29, 0.717) is 0 Å². The highest BCUT2D eigenvalue weighted by Gasteiger charge is 2.68. The molecule has 0 aliphatic carbocycles. The fourth-order valence-corrected chi connectivity index (χ4v) is 3.59. The molecule has 0 rings (SSSR count). The molecule has 0 fully saturated rings. The van der Waals surface area contributed by atoms with E-state index in [2.05, 4.69) is 0 Å². The highest BCUT2D eigenvalue weighted by molar-refractivity contribution is 6.37. The molecule has 6 N–H and O–H groups in total. The largest absolute Gasteiger partial charge is 0.394 e. The summed E-state index contributed by atoms with van der Waals surface area (Å²) in [6.45, 7) is 4.88. The van der Waals surface area contributed by atoms with Gasteiger partial charge in [0.25, 0.3) is 11.6 Å². The van der Waals surface area contributed by atoms with Crippen LogP contribution >= 0.6 is 0 Å². The van der Waals surface area contributed by atoms with Gasteiger partial charge >= 0.3 is 0 Å². The van der Waals surface area contributed by atoms with Crippen molar-refractivity contribution >= 4 is 9.52 Å². The number of rotatable bonds is 12. The third kappa shape index (κ3) is 4.28. The zero-order valence-corrected chi connectivity index (χ0v) is 15.5. The summed E-state index contributed by atoms with van der Waals surface area (Å²) in [7, 11) is -1.60. The fraction of sp³-hybridized carbons (Fsp3) is 1.00. The third-order valence-electron chi connectivity index (χ3n) is 3.55. The Labute approximate surface area is 138 Å². The molecule has 0 aromatic rings. The van der Waals surface area contributed by atoms with Crippen LogP contribution in [-0.4, -0.2) is 95.8 Å². The molecule has 0 bridgehead atoms. The SMILES string of the molecule is CCOC(O)([SiH2]C)[C@@](O)(OCC)[C@](O)(OCC)[C@H](O)[C@H](O)CO. The van der Waals surface area contributed by atoms with Gasteiger partial charge in [0, 0.05) is 19.8 Å². The predicted molar refractivity (Wildman–Crippen MR) is 83.2 cm³/mol. The van der Waals surface area contributed by atoms with E-state index >= 15 is 0 Å². The van der Waals surface area contributed by atoms with E-state index in [1.54, 1.807) is 13.5 Å². The minimum atomic E-state index is -2.94. The maximum Gasteiger partial charge on any atom is 0.274 e. The Morgan fingerprint density at radius 2 is 1.39 bits per heavy atom. The maximum atomic E-state index is 10.9. The molecule has 0 aliphatic rings. The molecule has 0 radical (unpaired) electrons. The monoisotopic (exact) mass is 358 g/mol. The Hall–Kier alpha value is -0.143. The summed E-state index contributed by atoms with van der Waals surface area (Å²) in [6, 6.07) is 0. The lowest BCUT2D eigenvalue weighted by Crippen LogP contribution is -2.77. The van der Waals surface area contributed by atoms with Gasteiger partial charge in [-0.15, -0.1) is 0 Å². The highest BCUT2D eigenvalue weighted by Crippen LogP contribution is 2.39. The quantitative estimate of drug-likeness (QED) is 0.159. The van der Waals surface area contributed by atoms with Gasteiger partial charge in [-0.25, -0.2) is 0 Å². The average molecular weight is 358 g/mol. The molecule has 1 unspecified atom stereocenters. The fourth-order valence-electron chi connectivity index (χ4n) is 2.35. The average Bonchev–Trinajstić information content (AvgIpc) is 2.53. The van der Waals surface area contributed by atoms with Crippen molar-refractivity contribution in [1.82, 2.24) is 0 Å². The first-order valence-electron chi connectivity index (χ1n) is 7.69. The Balaban J connectivity index is 6.15. The van der Waals surface area contributed by atoms with Gasteiger partial charge in [0.15, 0.2) is 5.41 Å². The Morgan fingerprint density at radius 3 is 1.74 bits per heavy atom. The zero-order chi connectivity index (χ0) is 18.3. The lowest BCUT2D eigenvalue weighted by atomic mass is 9.94. The molecular formula is C13H30O9Si. The van der Waals surface area contributed by atoms with Crippen molar-refractivity contribution in [1.29, 1.82) is 0 Å². The molecular weight excluding hydrogens is 328 g/mol. The molecule has 5 atom stereocenters. The van der Waals surface area contributed by atoms with Gasteiger partial charge < -0.3 is 44.8 Å². The second kappa shape index (κ2) is 9.37. The maximum absolute atomic E-state index is 10.9. The van der Waals surface area contributed by atoms with E-state index in [0.717, 1.165) is 0 Å².